The maximum Gasteiger partial charge on any atom is 0.358 e. The zero-order chi connectivity index (χ0) is 13.1. The van der Waals surface area contributed by atoms with Gasteiger partial charge in [-0.05, 0) is 13.8 Å². The van der Waals surface area contributed by atoms with Gasteiger partial charge in [0.2, 0.25) is 0 Å². The first-order valence-corrected chi connectivity index (χ1v) is 5.22. The summed E-state index contributed by atoms with van der Waals surface area (Å²) in [5, 5.41) is 26.0. The summed E-state index contributed by atoms with van der Waals surface area (Å²) in [4.78, 5) is 10.9. The highest BCUT2D eigenvalue weighted by atomic mass is 16.5. The molecule has 0 aliphatic carbocycles. The molecular weight excluding hydrogens is 226 g/mol. The van der Waals surface area contributed by atoms with Crippen LogP contribution in [0.3, 0.4) is 0 Å². The molecule has 0 fully saturated rings. The Morgan fingerprint density at radius 1 is 1.53 bits per heavy atom. The highest BCUT2D eigenvalue weighted by Gasteiger charge is 2.22. The van der Waals surface area contributed by atoms with Crippen LogP contribution in [-0.2, 0) is 17.7 Å². The summed E-state index contributed by atoms with van der Waals surface area (Å²) < 4.78 is 6.32. The number of carboxylic acid groups (broad SMARTS) is 1. The number of hydrogen-bond donors (Lipinski definition) is 2. The zero-order valence-corrected chi connectivity index (χ0v) is 10.2. The normalized spacial score (nSPS) is 11.8. The van der Waals surface area contributed by atoms with Crippen LogP contribution in [0.25, 0.3) is 0 Å². The SMILES string of the molecule is COCCc1c(C(=O)O)nnn1CC(C)(C)O. The number of carboxylic acids is 1. The second-order valence-corrected chi connectivity index (χ2v) is 4.40. The van der Waals surface area contributed by atoms with Crippen molar-refractivity contribution in [3.63, 3.8) is 0 Å². The first kappa shape index (κ1) is 13.6. The van der Waals surface area contributed by atoms with E-state index in [1.165, 1.54) is 11.8 Å². The van der Waals surface area contributed by atoms with Crippen LogP contribution in [0.1, 0.15) is 30.0 Å². The highest BCUT2D eigenvalue weighted by molar-refractivity contribution is 5.86. The van der Waals surface area contributed by atoms with Gasteiger partial charge in [0, 0.05) is 13.5 Å². The molecule has 1 heterocycles. The van der Waals surface area contributed by atoms with Crippen LogP contribution in [0.4, 0.5) is 0 Å². The van der Waals surface area contributed by atoms with Crippen molar-refractivity contribution in [3.8, 4) is 0 Å². The molecule has 1 aromatic rings. The molecule has 0 aliphatic heterocycles. The lowest BCUT2D eigenvalue weighted by Crippen LogP contribution is -2.28. The number of aromatic nitrogens is 3. The van der Waals surface area contributed by atoms with Gasteiger partial charge in [0.05, 0.1) is 24.4 Å². The Hall–Kier alpha value is -1.47. The summed E-state index contributed by atoms with van der Waals surface area (Å²) in [6.45, 7) is 3.80. The molecule has 17 heavy (non-hydrogen) atoms. The Morgan fingerprint density at radius 2 is 2.18 bits per heavy atom. The summed E-state index contributed by atoms with van der Waals surface area (Å²) in [5.74, 6) is -1.13. The van der Waals surface area contributed by atoms with Gasteiger partial charge in [-0.2, -0.15) is 0 Å². The monoisotopic (exact) mass is 243 g/mol. The fraction of sp³-hybridized carbons (Fsp3) is 0.700. The lowest BCUT2D eigenvalue weighted by Gasteiger charge is -2.18. The van der Waals surface area contributed by atoms with E-state index in [-0.39, 0.29) is 12.2 Å². The highest BCUT2D eigenvalue weighted by Crippen LogP contribution is 2.11. The quantitative estimate of drug-likeness (QED) is 0.726. The van der Waals surface area contributed by atoms with Crippen molar-refractivity contribution in [2.75, 3.05) is 13.7 Å². The van der Waals surface area contributed by atoms with Gasteiger partial charge in [-0.25, -0.2) is 9.48 Å². The average Bonchev–Trinajstić information content (AvgIpc) is 2.55. The van der Waals surface area contributed by atoms with Crippen molar-refractivity contribution in [2.24, 2.45) is 0 Å². The van der Waals surface area contributed by atoms with Crippen LogP contribution in [0.2, 0.25) is 0 Å². The molecule has 0 saturated carbocycles. The third kappa shape index (κ3) is 3.79. The summed E-state index contributed by atoms with van der Waals surface area (Å²) >= 11 is 0. The first-order chi connectivity index (χ1) is 7.85. The Labute approximate surface area is 99.0 Å². The largest absolute Gasteiger partial charge is 0.476 e. The number of aromatic carboxylic acids is 1. The molecule has 0 unspecified atom stereocenters. The van der Waals surface area contributed by atoms with E-state index in [1.54, 1.807) is 13.8 Å². The van der Waals surface area contributed by atoms with Crippen LogP contribution in [-0.4, -0.2) is 50.5 Å². The van der Waals surface area contributed by atoms with E-state index in [4.69, 9.17) is 9.84 Å². The van der Waals surface area contributed by atoms with Gasteiger partial charge in [-0.3, -0.25) is 0 Å². The number of rotatable bonds is 6. The number of ether oxygens (including phenoxy) is 1. The smallest absolute Gasteiger partial charge is 0.358 e. The molecule has 0 radical (unpaired) electrons. The van der Waals surface area contributed by atoms with E-state index < -0.39 is 11.6 Å². The van der Waals surface area contributed by atoms with Gasteiger partial charge in [-0.15, -0.1) is 5.10 Å². The van der Waals surface area contributed by atoms with E-state index >= 15 is 0 Å². The molecule has 0 amide bonds. The average molecular weight is 243 g/mol. The molecule has 1 aromatic heterocycles. The molecule has 0 spiro atoms. The minimum atomic E-state index is -1.13. The Bertz CT molecular complexity index is 395. The minimum absolute atomic E-state index is 0.0914. The Kier molecular flexibility index (Phi) is 4.19. The Balaban J connectivity index is 3.00. The third-order valence-electron chi connectivity index (χ3n) is 2.12. The van der Waals surface area contributed by atoms with Crippen LogP contribution in [0, 0.1) is 0 Å². The molecule has 96 valence electrons. The third-order valence-corrected chi connectivity index (χ3v) is 2.12. The topological polar surface area (TPSA) is 97.5 Å². The van der Waals surface area contributed by atoms with Crippen molar-refractivity contribution >= 4 is 5.97 Å². The van der Waals surface area contributed by atoms with Crippen molar-refractivity contribution in [1.82, 2.24) is 15.0 Å². The van der Waals surface area contributed by atoms with Gasteiger partial charge >= 0.3 is 5.97 Å². The second kappa shape index (κ2) is 5.24. The maximum atomic E-state index is 10.9. The van der Waals surface area contributed by atoms with Crippen LogP contribution in [0.5, 0.6) is 0 Å². The van der Waals surface area contributed by atoms with E-state index in [9.17, 15) is 9.90 Å². The van der Waals surface area contributed by atoms with Crippen LogP contribution < -0.4 is 0 Å². The van der Waals surface area contributed by atoms with Gasteiger partial charge < -0.3 is 14.9 Å². The number of carbonyl (C=O) groups is 1. The zero-order valence-electron chi connectivity index (χ0n) is 10.2. The molecule has 0 atom stereocenters. The van der Waals surface area contributed by atoms with Crippen molar-refractivity contribution in [2.45, 2.75) is 32.4 Å². The molecule has 7 heteroatoms. The van der Waals surface area contributed by atoms with Gasteiger partial charge in [0.25, 0.3) is 0 Å². The molecule has 7 nitrogen and oxygen atoms in total. The lowest BCUT2D eigenvalue weighted by molar-refractivity contribution is 0.0554. The van der Waals surface area contributed by atoms with Crippen LogP contribution in [0.15, 0.2) is 0 Å². The maximum absolute atomic E-state index is 10.9. The summed E-state index contributed by atoms with van der Waals surface area (Å²) in [6.07, 6.45) is 0.390. The second-order valence-electron chi connectivity index (χ2n) is 4.40. The van der Waals surface area contributed by atoms with E-state index in [0.29, 0.717) is 18.7 Å². The number of hydrogen-bond acceptors (Lipinski definition) is 5. The number of nitrogens with zero attached hydrogens (tertiary/aromatic N) is 3. The van der Waals surface area contributed by atoms with E-state index in [0.717, 1.165) is 0 Å². The molecule has 0 aliphatic rings. The minimum Gasteiger partial charge on any atom is -0.476 e. The molecule has 0 bridgehead atoms. The summed E-state index contributed by atoms with van der Waals surface area (Å²) in [5.41, 5.74) is -0.613. The standard InChI is InChI=1S/C10H17N3O4/c1-10(2,16)6-13-7(4-5-17-3)8(9(14)15)11-12-13/h16H,4-6H2,1-3H3,(H,14,15). The fourth-order valence-electron chi connectivity index (χ4n) is 1.44. The van der Waals surface area contributed by atoms with Gasteiger partial charge in [0.1, 0.15) is 0 Å². The predicted molar refractivity (Wildman–Crippen MR) is 58.9 cm³/mol. The van der Waals surface area contributed by atoms with Crippen molar-refractivity contribution < 1.29 is 19.7 Å². The molecule has 0 aromatic carbocycles. The van der Waals surface area contributed by atoms with Gasteiger partial charge in [-0.1, -0.05) is 5.21 Å². The Morgan fingerprint density at radius 3 is 2.65 bits per heavy atom. The lowest BCUT2D eigenvalue weighted by atomic mass is 10.1. The molecule has 0 saturated heterocycles. The first-order valence-electron chi connectivity index (χ1n) is 5.22. The van der Waals surface area contributed by atoms with Crippen molar-refractivity contribution in [3.05, 3.63) is 11.4 Å². The summed E-state index contributed by atoms with van der Waals surface area (Å²) in [6, 6.07) is 0. The molecular formula is C10H17N3O4. The number of methoxy groups -OCH3 is 1. The van der Waals surface area contributed by atoms with Crippen LogP contribution >= 0.6 is 0 Å². The van der Waals surface area contributed by atoms with Crippen molar-refractivity contribution in [1.29, 1.82) is 0 Å². The number of aliphatic hydroxyl groups is 1. The molecule has 2 N–H and O–H groups in total. The van der Waals surface area contributed by atoms with Gasteiger partial charge in [0.15, 0.2) is 5.69 Å². The molecule has 1 rings (SSSR count). The van der Waals surface area contributed by atoms with E-state index in [2.05, 4.69) is 10.3 Å². The fourth-order valence-corrected chi connectivity index (χ4v) is 1.44. The van der Waals surface area contributed by atoms with E-state index in [1.807, 2.05) is 0 Å². The predicted octanol–water partition coefficient (Wildman–Crippen LogP) is -0.0639. The summed E-state index contributed by atoms with van der Waals surface area (Å²) in [7, 11) is 1.53.